The van der Waals surface area contributed by atoms with Gasteiger partial charge in [-0.1, -0.05) is 30.3 Å². The Morgan fingerprint density at radius 2 is 2.19 bits per heavy atom. The summed E-state index contributed by atoms with van der Waals surface area (Å²) >= 11 is 0. The molecule has 0 saturated carbocycles. The highest BCUT2D eigenvalue weighted by Gasteiger charge is 2.23. The summed E-state index contributed by atoms with van der Waals surface area (Å²) < 4.78 is 5.51. The third-order valence-electron chi connectivity index (χ3n) is 2.69. The van der Waals surface area contributed by atoms with Gasteiger partial charge in [0.05, 0.1) is 25.2 Å². The number of benzene rings is 1. The molecule has 0 spiro atoms. The van der Waals surface area contributed by atoms with Crippen molar-refractivity contribution in [3.63, 3.8) is 0 Å². The topological polar surface area (TPSA) is 58.6 Å². The maximum Gasteiger partial charge on any atom is 0.306 e. The molecule has 4 nitrogen and oxygen atoms in total. The van der Waals surface area contributed by atoms with Gasteiger partial charge < -0.3 is 15.2 Å². The van der Waals surface area contributed by atoms with Gasteiger partial charge in [-0.05, 0) is 5.56 Å². The summed E-state index contributed by atoms with van der Waals surface area (Å²) in [6.07, 6.45) is -0.147. The third-order valence-corrected chi connectivity index (χ3v) is 2.69. The van der Waals surface area contributed by atoms with Crippen LogP contribution in [0.3, 0.4) is 0 Å². The van der Waals surface area contributed by atoms with Gasteiger partial charge in [-0.25, -0.2) is 0 Å². The Hall–Kier alpha value is -1.39. The lowest BCUT2D eigenvalue weighted by Gasteiger charge is -2.29. The fourth-order valence-electron chi connectivity index (χ4n) is 1.85. The number of ether oxygens (including phenoxy) is 1. The van der Waals surface area contributed by atoms with E-state index in [0.29, 0.717) is 13.2 Å². The number of hydrogen-bond acceptors (Lipinski definition) is 3. The molecule has 1 aliphatic rings. The van der Waals surface area contributed by atoms with Gasteiger partial charge in [0.15, 0.2) is 0 Å². The summed E-state index contributed by atoms with van der Waals surface area (Å²) in [5.74, 6) is -0.815. The van der Waals surface area contributed by atoms with Crippen LogP contribution in [0.15, 0.2) is 30.3 Å². The van der Waals surface area contributed by atoms with Crippen LogP contribution in [0.2, 0.25) is 0 Å². The Bertz CT molecular complexity index is 345. The summed E-state index contributed by atoms with van der Waals surface area (Å²) in [7, 11) is 0. The number of aliphatic carboxylic acids is 1. The molecule has 0 aliphatic carbocycles. The smallest absolute Gasteiger partial charge is 0.306 e. The molecule has 2 atom stereocenters. The second-order valence-corrected chi connectivity index (χ2v) is 3.92. The Morgan fingerprint density at radius 1 is 1.44 bits per heavy atom. The first-order valence-corrected chi connectivity index (χ1v) is 5.37. The largest absolute Gasteiger partial charge is 0.481 e. The molecule has 4 heteroatoms. The van der Waals surface area contributed by atoms with Crippen LogP contribution in [0, 0.1) is 0 Å². The molecule has 1 aliphatic heterocycles. The molecule has 2 N–H and O–H groups in total. The van der Waals surface area contributed by atoms with Crippen LogP contribution < -0.4 is 5.32 Å². The van der Waals surface area contributed by atoms with Crippen molar-refractivity contribution >= 4 is 5.97 Å². The van der Waals surface area contributed by atoms with E-state index in [1.54, 1.807) is 0 Å². The van der Waals surface area contributed by atoms with Crippen molar-refractivity contribution in [1.82, 2.24) is 5.32 Å². The molecule has 1 fully saturated rings. The predicted molar refractivity (Wildman–Crippen MR) is 59.2 cm³/mol. The van der Waals surface area contributed by atoms with Gasteiger partial charge in [-0.15, -0.1) is 0 Å². The number of morpholine rings is 1. The van der Waals surface area contributed by atoms with Gasteiger partial charge >= 0.3 is 5.97 Å². The Labute approximate surface area is 94.2 Å². The molecular formula is C12H15NO3. The van der Waals surface area contributed by atoms with Crippen molar-refractivity contribution in [1.29, 1.82) is 0 Å². The van der Waals surface area contributed by atoms with E-state index >= 15 is 0 Å². The normalized spacial score (nSPS) is 25.2. The van der Waals surface area contributed by atoms with E-state index in [0.717, 1.165) is 0 Å². The fraction of sp³-hybridized carbons (Fsp3) is 0.417. The van der Waals surface area contributed by atoms with E-state index < -0.39 is 5.97 Å². The molecule has 1 saturated heterocycles. The number of nitrogens with one attached hydrogen (secondary N) is 1. The zero-order valence-electron chi connectivity index (χ0n) is 8.93. The van der Waals surface area contributed by atoms with Gasteiger partial charge in [0.25, 0.3) is 0 Å². The van der Waals surface area contributed by atoms with Gasteiger partial charge in [-0.2, -0.15) is 0 Å². The van der Waals surface area contributed by atoms with Crippen molar-refractivity contribution in [3.05, 3.63) is 35.9 Å². The highest BCUT2D eigenvalue weighted by atomic mass is 16.5. The predicted octanol–water partition coefficient (Wildman–Crippen LogP) is 1.19. The average Bonchev–Trinajstić information content (AvgIpc) is 2.30. The second-order valence-electron chi connectivity index (χ2n) is 3.92. The summed E-state index contributed by atoms with van der Waals surface area (Å²) in [6, 6.07) is 10.2. The van der Waals surface area contributed by atoms with Crippen LogP contribution in [0.5, 0.6) is 0 Å². The number of carbonyl (C=O) groups is 1. The van der Waals surface area contributed by atoms with E-state index in [2.05, 4.69) is 5.32 Å². The molecule has 16 heavy (non-hydrogen) atoms. The standard InChI is InChI=1S/C12H15NO3/c14-12(15)6-10-7-13-11(8-16-10)9-4-2-1-3-5-9/h1-5,10-11,13H,6-8H2,(H,14,15). The van der Waals surface area contributed by atoms with E-state index in [9.17, 15) is 4.79 Å². The first-order chi connectivity index (χ1) is 7.75. The Kier molecular flexibility index (Phi) is 3.54. The molecule has 86 valence electrons. The Morgan fingerprint density at radius 3 is 2.75 bits per heavy atom. The lowest BCUT2D eigenvalue weighted by atomic mass is 10.1. The average molecular weight is 221 g/mol. The number of carboxylic acid groups (broad SMARTS) is 1. The lowest BCUT2D eigenvalue weighted by molar-refractivity contribution is -0.141. The van der Waals surface area contributed by atoms with E-state index in [1.807, 2.05) is 30.3 Å². The molecule has 0 aromatic heterocycles. The van der Waals surface area contributed by atoms with Crippen molar-refractivity contribution < 1.29 is 14.6 Å². The van der Waals surface area contributed by atoms with Crippen molar-refractivity contribution in [2.75, 3.05) is 13.2 Å². The summed E-state index contributed by atoms with van der Waals surface area (Å²) in [4.78, 5) is 10.5. The second kappa shape index (κ2) is 5.09. The SMILES string of the molecule is O=C(O)CC1CNC(c2ccccc2)CO1. The van der Waals surface area contributed by atoms with Gasteiger partial charge in [0, 0.05) is 6.54 Å². The van der Waals surface area contributed by atoms with Crippen LogP contribution in [0.25, 0.3) is 0 Å². The molecule has 2 rings (SSSR count). The fourth-order valence-corrected chi connectivity index (χ4v) is 1.85. The highest BCUT2D eigenvalue weighted by molar-refractivity contribution is 5.67. The highest BCUT2D eigenvalue weighted by Crippen LogP contribution is 2.18. The molecular weight excluding hydrogens is 206 g/mol. The minimum atomic E-state index is -0.815. The monoisotopic (exact) mass is 221 g/mol. The number of carboxylic acids is 1. The first kappa shape index (κ1) is 11.1. The summed E-state index contributed by atoms with van der Waals surface area (Å²) in [5.41, 5.74) is 1.18. The Balaban J connectivity index is 1.88. The van der Waals surface area contributed by atoms with Crippen LogP contribution in [0.1, 0.15) is 18.0 Å². The zero-order valence-corrected chi connectivity index (χ0v) is 8.93. The quantitative estimate of drug-likeness (QED) is 0.805. The third kappa shape index (κ3) is 2.81. The minimum absolute atomic E-state index is 0.0640. The molecule has 2 unspecified atom stereocenters. The minimum Gasteiger partial charge on any atom is -0.481 e. The number of rotatable bonds is 3. The van der Waals surface area contributed by atoms with E-state index in [-0.39, 0.29) is 18.6 Å². The summed E-state index contributed by atoms with van der Waals surface area (Å²) in [5, 5.41) is 11.9. The number of hydrogen-bond donors (Lipinski definition) is 2. The van der Waals surface area contributed by atoms with Gasteiger partial charge in [0.1, 0.15) is 0 Å². The van der Waals surface area contributed by atoms with Crippen LogP contribution >= 0.6 is 0 Å². The maximum atomic E-state index is 10.5. The molecule has 1 aromatic carbocycles. The lowest BCUT2D eigenvalue weighted by Crippen LogP contribution is -2.42. The van der Waals surface area contributed by atoms with E-state index in [1.165, 1.54) is 5.56 Å². The van der Waals surface area contributed by atoms with E-state index in [4.69, 9.17) is 9.84 Å². The van der Waals surface area contributed by atoms with Crippen LogP contribution in [-0.2, 0) is 9.53 Å². The summed E-state index contributed by atoms with van der Waals surface area (Å²) in [6.45, 7) is 1.12. The molecule has 1 heterocycles. The van der Waals surface area contributed by atoms with Crippen LogP contribution in [0.4, 0.5) is 0 Å². The van der Waals surface area contributed by atoms with Crippen LogP contribution in [-0.4, -0.2) is 30.3 Å². The molecule has 0 amide bonds. The zero-order chi connectivity index (χ0) is 11.4. The van der Waals surface area contributed by atoms with Crippen molar-refractivity contribution in [2.24, 2.45) is 0 Å². The molecule has 1 aromatic rings. The van der Waals surface area contributed by atoms with Crippen molar-refractivity contribution in [2.45, 2.75) is 18.6 Å². The molecule has 0 bridgehead atoms. The molecule has 0 radical (unpaired) electrons. The van der Waals surface area contributed by atoms with Gasteiger partial charge in [0.2, 0.25) is 0 Å². The maximum absolute atomic E-state index is 10.5. The van der Waals surface area contributed by atoms with Gasteiger partial charge in [-0.3, -0.25) is 4.79 Å². The van der Waals surface area contributed by atoms with Crippen molar-refractivity contribution in [3.8, 4) is 0 Å². The first-order valence-electron chi connectivity index (χ1n) is 5.37.